The van der Waals surface area contributed by atoms with E-state index in [0.717, 1.165) is 57.8 Å². The van der Waals surface area contributed by atoms with E-state index < -0.39 is 12.1 Å². The number of carbonyl (C=O) groups excluding carboxylic acids is 2. The molecule has 0 bridgehead atoms. The third-order valence-corrected chi connectivity index (χ3v) is 13.6. The van der Waals surface area contributed by atoms with Crippen LogP contribution in [0.25, 0.3) is 0 Å². The van der Waals surface area contributed by atoms with E-state index in [9.17, 15) is 19.8 Å². The number of unbranched alkanes of at least 4 members (excludes halogenated alkanes) is 41. The molecule has 2 atom stereocenters. The van der Waals surface area contributed by atoms with Gasteiger partial charge in [0.05, 0.1) is 25.4 Å². The van der Waals surface area contributed by atoms with Crippen LogP contribution in [0.4, 0.5) is 0 Å². The van der Waals surface area contributed by atoms with Crippen molar-refractivity contribution in [2.24, 2.45) is 0 Å². The maximum absolute atomic E-state index is 12.5. The first-order valence-corrected chi connectivity index (χ1v) is 28.9. The number of rotatable bonds is 54. The number of hydrogen-bond donors (Lipinski definition) is 3. The van der Waals surface area contributed by atoms with Crippen LogP contribution in [0.5, 0.6) is 0 Å². The molecule has 0 spiro atoms. The molecule has 6 nitrogen and oxygen atoms in total. The van der Waals surface area contributed by atoms with Gasteiger partial charge in [-0.05, 0) is 51.4 Å². The van der Waals surface area contributed by atoms with Crippen molar-refractivity contribution >= 4 is 11.9 Å². The Labute approximate surface area is 399 Å². The first-order valence-electron chi connectivity index (χ1n) is 28.9. The molecule has 64 heavy (non-hydrogen) atoms. The topological polar surface area (TPSA) is 95.9 Å². The molecule has 0 aliphatic heterocycles. The number of nitrogens with one attached hydrogen (secondary N) is 1. The van der Waals surface area contributed by atoms with Gasteiger partial charge in [0, 0.05) is 12.8 Å². The van der Waals surface area contributed by atoms with Gasteiger partial charge in [0.15, 0.2) is 0 Å². The van der Waals surface area contributed by atoms with E-state index in [-0.39, 0.29) is 18.5 Å². The smallest absolute Gasteiger partial charge is 0.305 e. The Kier molecular flexibility index (Phi) is 53.0. The molecule has 0 heterocycles. The summed E-state index contributed by atoms with van der Waals surface area (Å²) in [6.07, 6.45) is 63.3. The van der Waals surface area contributed by atoms with Crippen LogP contribution in [-0.2, 0) is 14.3 Å². The molecule has 0 saturated heterocycles. The molecule has 0 aromatic heterocycles. The lowest BCUT2D eigenvalue weighted by Gasteiger charge is -2.22. The van der Waals surface area contributed by atoms with Crippen molar-refractivity contribution in [1.82, 2.24) is 5.32 Å². The van der Waals surface area contributed by atoms with Gasteiger partial charge in [-0.1, -0.05) is 270 Å². The molecule has 0 fully saturated rings. The van der Waals surface area contributed by atoms with E-state index in [1.807, 2.05) is 0 Å². The van der Waals surface area contributed by atoms with E-state index in [2.05, 4.69) is 31.3 Å². The summed E-state index contributed by atoms with van der Waals surface area (Å²) in [6.45, 7) is 4.94. The Morgan fingerprint density at radius 3 is 1.11 bits per heavy atom. The van der Waals surface area contributed by atoms with Crippen LogP contribution in [0.15, 0.2) is 12.2 Å². The third-order valence-electron chi connectivity index (χ3n) is 13.6. The van der Waals surface area contributed by atoms with Crippen molar-refractivity contribution in [2.45, 2.75) is 334 Å². The van der Waals surface area contributed by atoms with Gasteiger partial charge in [0.25, 0.3) is 0 Å². The predicted octanol–water partition coefficient (Wildman–Crippen LogP) is 17.7. The average molecular weight is 905 g/mol. The lowest BCUT2D eigenvalue weighted by Crippen LogP contribution is -2.45. The molecule has 0 aromatic rings. The number of aliphatic hydroxyl groups excluding tert-OH is 2. The number of carbonyl (C=O) groups is 2. The highest BCUT2D eigenvalue weighted by Gasteiger charge is 2.20. The number of ether oxygens (including phenoxy) is 1. The normalized spacial score (nSPS) is 12.6. The van der Waals surface area contributed by atoms with Gasteiger partial charge in [-0.3, -0.25) is 9.59 Å². The lowest BCUT2D eigenvalue weighted by molar-refractivity contribution is -0.143. The van der Waals surface area contributed by atoms with Crippen LogP contribution in [0, 0.1) is 0 Å². The standard InChI is InChI=1S/C58H113NO5/c1-3-5-7-9-11-13-15-17-19-21-23-25-27-32-36-40-44-48-52-58(63)64-53-49-45-41-37-33-29-28-31-35-39-43-47-51-57(62)59-55(54-60)56(61)50-46-42-38-34-30-26-24-22-20-18-16-14-12-10-8-6-4-2/h19,21,55-56,60-61H,3-18,20,22-54H2,1-2H3,(H,59,62)/b21-19-. The molecule has 2 unspecified atom stereocenters. The molecule has 0 aliphatic rings. The van der Waals surface area contributed by atoms with Crippen LogP contribution in [-0.4, -0.2) is 47.4 Å². The Morgan fingerprint density at radius 1 is 0.422 bits per heavy atom. The minimum atomic E-state index is -0.674. The predicted molar refractivity (Wildman–Crippen MR) is 278 cm³/mol. The van der Waals surface area contributed by atoms with E-state index >= 15 is 0 Å². The number of aliphatic hydroxyl groups is 2. The number of esters is 1. The third kappa shape index (κ3) is 50.0. The molecule has 6 heteroatoms. The van der Waals surface area contributed by atoms with Crippen LogP contribution in [0.3, 0.4) is 0 Å². The maximum atomic E-state index is 12.5. The van der Waals surface area contributed by atoms with E-state index in [1.165, 1.54) is 231 Å². The Balaban J connectivity index is 3.44. The lowest BCUT2D eigenvalue weighted by atomic mass is 10.0. The first-order chi connectivity index (χ1) is 31.5. The fourth-order valence-electron chi connectivity index (χ4n) is 9.11. The molecule has 3 N–H and O–H groups in total. The SMILES string of the molecule is CCCCCCCCC/C=C\CCCCCCCCCC(=O)OCCCCCCCCCCCCCCC(=O)NC(CO)C(O)CCCCCCCCCCCCCCCCCCC. The number of hydrogen-bond acceptors (Lipinski definition) is 5. The highest BCUT2D eigenvalue weighted by Crippen LogP contribution is 2.17. The Hall–Kier alpha value is -1.40. The van der Waals surface area contributed by atoms with E-state index in [0.29, 0.717) is 25.9 Å². The molecule has 0 rings (SSSR count). The average Bonchev–Trinajstić information content (AvgIpc) is 3.29. The molecule has 380 valence electrons. The molecule has 0 aliphatic carbocycles. The number of allylic oxidation sites excluding steroid dienone is 2. The van der Waals surface area contributed by atoms with Crippen molar-refractivity contribution in [3.63, 3.8) is 0 Å². The summed E-state index contributed by atoms with van der Waals surface area (Å²) in [6, 6.07) is -0.553. The van der Waals surface area contributed by atoms with E-state index in [4.69, 9.17) is 4.74 Å². The zero-order valence-corrected chi connectivity index (χ0v) is 43.3. The van der Waals surface area contributed by atoms with Gasteiger partial charge < -0.3 is 20.3 Å². The highest BCUT2D eigenvalue weighted by molar-refractivity contribution is 5.76. The van der Waals surface area contributed by atoms with Crippen LogP contribution >= 0.6 is 0 Å². The second-order valence-electron chi connectivity index (χ2n) is 20.0. The van der Waals surface area contributed by atoms with Crippen molar-refractivity contribution < 1.29 is 24.5 Å². The van der Waals surface area contributed by atoms with Crippen molar-refractivity contribution in [3.05, 3.63) is 12.2 Å². The summed E-state index contributed by atoms with van der Waals surface area (Å²) >= 11 is 0. The van der Waals surface area contributed by atoms with Gasteiger partial charge in [-0.15, -0.1) is 0 Å². The highest BCUT2D eigenvalue weighted by atomic mass is 16.5. The Bertz CT molecular complexity index is 955. The van der Waals surface area contributed by atoms with Gasteiger partial charge >= 0.3 is 5.97 Å². The molecular formula is C58H113NO5. The second-order valence-corrected chi connectivity index (χ2v) is 20.0. The van der Waals surface area contributed by atoms with Gasteiger partial charge in [0.1, 0.15) is 0 Å². The first kappa shape index (κ1) is 62.6. The minimum Gasteiger partial charge on any atom is -0.466 e. The fourth-order valence-corrected chi connectivity index (χ4v) is 9.11. The summed E-state index contributed by atoms with van der Waals surface area (Å²) in [5.41, 5.74) is 0. The van der Waals surface area contributed by atoms with E-state index in [1.54, 1.807) is 0 Å². The van der Waals surface area contributed by atoms with Crippen molar-refractivity contribution in [3.8, 4) is 0 Å². The summed E-state index contributed by atoms with van der Waals surface area (Å²) in [7, 11) is 0. The fraction of sp³-hybridized carbons (Fsp3) is 0.931. The number of amides is 1. The molecular weight excluding hydrogens is 791 g/mol. The van der Waals surface area contributed by atoms with Gasteiger partial charge in [0.2, 0.25) is 5.91 Å². The van der Waals surface area contributed by atoms with Crippen LogP contribution in [0.1, 0.15) is 322 Å². The quantitative estimate of drug-likeness (QED) is 0.0321. The van der Waals surface area contributed by atoms with Gasteiger partial charge in [-0.25, -0.2) is 0 Å². The summed E-state index contributed by atoms with van der Waals surface area (Å²) < 4.78 is 5.48. The zero-order valence-electron chi connectivity index (χ0n) is 43.3. The maximum Gasteiger partial charge on any atom is 0.305 e. The molecule has 1 amide bonds. The van der Waals surface area contributed by atoms with Crippen molar-refractivity contribution in [2.75, 3.05) is 13.2 Å². The summed E-state index contributed by atoms with van der Waals surface area (Å²) in [4.78, 5) is 24.6. The zero-order chi connectivity index (χ0) is 46.5. The molecule has 0 aromatic carbocycles. The molecule has 0 radical (unpaired) electrons. The van der Waals surface area contributed by atoms with Crippen LogP contribution in [0.2, 0.25) is 0 Å². The van der Waals surface area contributed by atoms with Crippen molar-refractivity contribution in [1.29, 1.82) is 0 Å². The second kappa shape index (κ2) is 54.2. The Morgan fingerprint density at radius 2 is 0.734 bits per heavy atom. The van der Waals surface area contributed by atoms with Crippen LogP contribution < -0.4 is 5.32 Å². The molecule has 0 saturated carbocycles. The van der Waals surface area contributed by atoms with Gasteiger partial charge in [-0.2, -0.15) is 0 Å². The minimum absolute atomic E-state index is 0.0112. The summed E-state index contributed by atoms with van der Waals surface area (Å²) in [5.74, 6) is -0.0592. The monoisotopic (exact) mass is 904 g/mol. The summed E-state index contributed by atoms with van der Waals surface area (Å²) in [5, 5.41) is 23.3. The largest absolute Gasteiger partial charge is 0.466 e.